The summed E-state index contributed by atoms with van der Waals surface area (Å²) in [6.45, 7) is 11.7. The van der Waals surface area contributed by atoms with Gasteiger partial charge < -0.3 is 24.0 Å². The Bertz CT molecular complexity index is 1150. The number of hydrogen-bond donors (Lipinski definition) is 1. The zero-order valence-corrected chi connectivity index (χ0v) is 22.5. The monoisotopic (exact) mass is 497 g/mol. The molecule has 3 aromatic rings. The molecule has 0 radical (unpaired) electrons. The molecule has 0 aliphatic carbocycles. The van der Waals surface area contributed by atoms with E-state index in [-0.39, 0.29) is 11.9 Å². The lowest BCUT2D eigenvalue weighted by molar-refractivity contribution is 0.0899. The molecule has 10 heteroatoms. The summed E-state index contributed by atoms with van der Waals surface area (Å²) in [5.41, 5.74) is 3.51. The van der Waals surface area contributed by atoms with Crippen molar-refractivity contribution in [1.29, 1.82) is 0 Å². The van der Waals surface area contributed by atoms with Crippen LogP contribution in [0.2, 0.25) is 32.5 Å². The van der Waals surface area contributed by atoms with Gasteiger partial charge in [0.05, 0.1) is 11.6 Å². The summed E-state index contributed by atoms with van der Waals surface area (Å²) in [5.74, 6) is -0.364. The summed E-state index contributed by atoms with van der Waals surface area (Å²) in [6.07, 6.45) is 8.84. The molecule has 4 heterocycles. The SMILES string of the molecule is CB(O)N(C)[C@H]1CCCN(c2ccnc3c2c(-c2cncc(F)c2)cn3COCC[Si](C)(C)C)C1. The molecule has 1 fully saturated rings. The molecule has 1 N–H and O–H groups in total. The van der Waals surface area contributed by atoms with Crippen LogP contribution in [0.3, 0.4) is 0 Å². The number of fused-ring (bicyclic) bond motifs is 1. The molecule has 0 unspecified atom stereocenters. The van der Waals surface area contributed by atoms with Gasteiger partial charge in [0.1, 0.15) is 18.2 Å². The lowest BCUT2D eigenvalue weighted by Gasteiger charge is -2.39. The maximum absolute atomic E-state index is 14.1. The van der Waals surface area contributed by atoms with Crippen molar-refractivity contribution in [3.8, 4) is 11.1 Å². The molecule has 1 aliphatic heterocycles. The van der Waals surface area contributed by atoms with Gasteiger partial charge in [0.15, 0.2) is 0 Å². The molecule has 188 valence electrons. The molecule has 0 aromatic carbocycles. The summed E-state index contributed by atoms with van der Waals surface area (Å²) >= 11 is 0. The molecule has 1 atom stereocenters. The summed E-state index contributed by atoms with van der Waals surface area (Å²) < 4.78 is 22.2. The number of hydrogen-bond acceptors (Lipinski definition) is 6. The van der Waals surface area contributed by atoms with Crippen molar-refractivity contribution < 1.29 is 14.2 Å². The van der Waals surface area contributed by atoms with Gasteiger partial charge in [-0.05, 0) is 44.9 Å². The molecular formula is C25H37BFN5O2Si. The number of aromatic nitrogens is 3. The minimum absolute atomic E-state index is 0.248. The molecule has 0 saturated carbocycles. The third-order valence-electron chi connectivity index (χ3n) is 6.88. The Kier molecular flexibility index (Phi) is 7.95. The van der Waals surface area contributed by atoms with Gasteiger partial charge in [-0.15, -0.1) is 0 Å². The molecular weight excluding hydrogens is 460 g/mol. The van der Waals surface area contributed by atoms with Gasteiger partial charge in [-0.3, -0.25) is 4.98 Å². The van der Waals surface area contributed by atoms with Gasteiger partial charge in [0, 0.05) is 69.2 Å². The largest absolute Gasteiger partial charge is 0.437 e. The topological polar surface area (TPSA) is 66.7 Å². The van der Waals surface area contributed by atoms with Gasteiger partial charge in [-0.1, -0.05) is 19.6 Å². The van der Waals surface area contributed by atoms with Crippen molar-refractivity contribution in [2.45, 2.75) is 58.1 Å². The van der Waals surface area contributed by atoms with Crippen LogP contribution < -0.4 is 4.90 Å². The van der Waals surface area contributed by atoms with Crippen LogP contribution in [-0.2, 0) is 11.5 Å². The van der Waals surface area contributed by atoms with Crippen LogP contribution in [0, 0.1) is 5.82 Å². The van der Waals surface area contributed by atoms with Crippen molar-refractivity contribution in [2.75, 3.05) is 31.6 Å². The molecule has 7 nitrogen and oxygen atoms in total. The van der Waals surface area contributed by atoms with Gasteiger partial charge in [0.2, 0.25) is 0 Å². The number of likely N-dealkylation sites (N-methyl/N-ethyl adjacent to an activating group) is 1. The van der Waals surface area contributed by atoms with E-state index in [1.165, 1.54) is 12.3 Å². The first kappa shape index (κ1) is 25.8. The van der Waals surface area contributed by atoms with Crippen LogP contribution in [0.4, 0.5) is 10.1 Å². The standard InChI is InChI=1S/C25H37BFN5O2Si/c1-26(33)30(2)21-7-6-10-31(16-21)23-8-9-29-25-24(23)22(19-13-20(27)15-28-14-19)17-32(25)18-34-11-12-35(3,4)5/h8-9,13-15,17,21,33H,6-7,10-12,16,18H2,1-5H3/t21-/m0/s1. The van der Waals surface area contributed by atoms with E-state index in [4.69, 9.17) is 9.72 Å². The number of ether oxygens (including phenoxy) is 1. The maximum atomic E-state index is 14.1. The van der Waals surface area contributed by atoms with E-state index in [2.05, 4.69) is 29.5 Å². The highest BCUT2D eigenvalue weighted by atomic mass is 28.3. The van der Waals surface area contributed by atoms with E-state index in [0.717, 1.165) is 59.8 Å². The number of anilines is 1. The molecule has 1 saturated heterocycles. The van der Waals surface area contributed by atoms with Crippen molar-refractivity contribution in [3.05, 3.63) is 42.7 Å². The zero-order chi connectivity index (χ0) is 25.2. The predicted octanol–water partition coefficient (Wildman–Crippen LogP) is 4.56. The van der Waals surface area contributed by atoms with E-state index in [0.29, 0.717) is 13.3 Å². The van der Waals surface area contributed by atoms with Gasteiger partial charge in [-0.2, -0.15) is 0 Å². The van der Waals surface area contributed by atoms with Gasteiger partial charge >= 0.3 is 7.05 Å². The van der Waals surface area contributed by atoms with Crippen LogP contribution in [0.25, 0.3) is 22.2 Å². The molecule has 35 heavy (non-hydrogen) atoms. The fraction of sp³-hybridized carbons (Fsp3) is 0.520. The Labute approximate surface area is 209 Å². The van der Waals surface area contributed by atoms with Crippen LogP contribution in [0.15, 0.2) is 36.9 Å². The van der Waals surface area contributed by atoms with E-state index >= 15 is 0 Å². The normalized spacial score (nSPS) is 16.9. The number of halogens is 1. The van der Waals surface area contributed by atoms with Crippen molar-refractivity contribution >= 4 is 31.8 Å². The lowest BCUT2D eigenvalue weighted by Crippen LogP contribution is -2.51. The summed E-state index contributed by atoms with van der Waals surface area (Å²) in [4.78, 5) is 13.2. The van der Waals surface area contributed by atoms with E-state index in [1.807, 2.05) is 34.9 Å². The molecule has 4 rings (SSSR count). The predicted molar refractivity (Wildman–Crippen MR) is 144 cm³/mol. The molecule has 0 spiro atoms. The second-order valence-electron chi connectivity index (χ2n) is 10.8. The lowest BCUT2D eigenvalue weighted by atomic mass is 9.82. The Balaban J connectivity index is 1.72. The van der Waals surface area contributed by atoms with Gasteiger partial charge in [-0.25, -0.2) is 9.37 Å². The van der Waals surface area contributed by atoms with Crippen molar-refractivity contribution in [3.63, 3.8) is 0 Å². The second kappa shape index (κ2) is 10.8. The summed E-state index contributed by atoms with van der Waals surface area (Å²) in [6, 6.07) is 4.91. The Morgan fingerprint density at radius 3 is 2.83 bits per heavy atom. The summed E-state index contributed by atoms with van der Waals surface area (Å²) in [7, 11) is 0.285. The van der Waals surface area contributed by atoms with Crippen LogP contribution >= 0.6 is 0 Å². The van der Waals surface area contributed by atoms with Crippen LogP contribution in [-0.4, -0.2) is 72.3 Å². The smallest absolute Gasteiger partial charge is 0.376 e. The molecule has 0 bridgehead atoms. The molecule has 0 amide bonds. The van der Waals surface area contributed by atoms with Crippen LogP contribution in [0.1, 0.15) is 12.8 Å². The number of rotatable bonds is 9. The Morgan fingerprint density at radius 1 is 1.31 bits per heavy atom. The maximum Gasteiger partial charge on any atom is 0.376 e. The quantitative estimate of drug-likeness (QED) is 0.345. The first-order chi connectivity index (χ1) is 16.6. The van der Waals surface area contributed by atoms with Crippen molar-refractivity contribution in [2.24, 2.45) is 0 Å². The van der Waals surface area contributed by atoms with Crippen molar-refractivity contribution in [1.82, 2.24) is 19.3 Å². The minimum Gasteiger partial charge on any atom is -0.437 e. The third kappa shape index (κ3) is 6.11. The highest BCUT2D eigenvalue weighted by molar-refractivity contribution is 6.76. The highest BCUT2D eigenvalue weighted by Gasteiger charge is 2.29. The second-order valence-corrected chi connectivity index (χ2v) is 16.4. The molecule has 3 aromatic heterocycles. The highest BCUT2D eigenvalue weighted by Crippen LogP contribution is 2.37. The fourth-order valence-corrected chi connectivity index (χ4v) is 5.45. The zero-order valence-electron chi connectivity index (χ0n) is 21.5. The number of piperidine rings is 1. The first-order valence-corrected chi connectivity index (χ1v) is 16.2. The number of nitrogens with zero attached hydrogens (tertiary/aromatic N) is 5. The van der Waals surface area contributed by atoms with E-state index in [1.54, 1.807) is 13.0 Å². The average Bonchev–Trinajstić information content (AvgIpc) is 3.19. The van der Waals surface area contributed by atoms with E-state index in [9.17, 15) is 9.41 Å². The Hall–Kier alpha value is -2.27. The molecule has 1 aliphatic rings. The Morgan fingerprint density at radius 2 is 2.11 bits per heavy atom. The fourth-order valence-electron chi connectivity index (χ4n) is 4.69. The number of pyridine rings is 2. The minimum atomic E-state index is -1.19. The average molecular weight is 498 g/mol. The van der Waals surface area contributed by atoms with E-state index < -0.39 is 15.1 Å². The first-order valence-electron chi connectivity index (χ1n) is 12.5. The third-order valence-corrected chi connectivity index (χ3v) is 8.58. The van der Waals surface area contributed by atoms with Gasteiger partial charge in [0.25, 0.3) is 0 Å². The summed E-state index contributed by atoms with van der Waals surface area (Å²) in [5, 5.41) is 11.1. The van der Waals surface area contributed by atoms with Crippen LogP contribution in [0.5, 0.6) is 0 Å².